The summed E-state index contributed by atoms with van der Waals surface area (Å²) >= 11 is 5.98. The van der Waals surface area contributed by atoms with Gasteiger partial charge in [0.2, 0.25) is 11.8 Å². The first-order chi connectivity index (χ1) is 12.0. The Hall–Kier alpha value is -2.07. The van der Waals surface area contributed by atoms with E-state index in [9.17, 15) is 4.79 Å². The van der Waals surface area contributed by atoms with Gasteiger partial charge in [-0.3, -0.25) is 4.79 Å². The minimum absolute atomic E-state index is 0.0383. The Morgan fingerprint density at radius 3 is 2.60 bits per heavy atom. The number of rotatable bonds is 6. The number of amides is 1. The summed E-state index contributed by atoms with van der Waals surface area (Å²) in [6.45, 7) is 4.33. The normalized spacial score (nSPS) is 15.5. The predicted molar refractivity (Wildman–Crippen MR) is 98.8 cm³/mol. The van der Waals surface area contributed by atoms with Crippen LogP contribution in [-0.4, -0.2) is 17.0 Å². The maximum atomic E-state index is 12.9. The van der Waals surface area contributed by atoms with Crippen molar-refractivity contribution in [2.75, 3.05) is 0 Å². The summed E-state index contributed by atoms with van der Waals surface area (Å²) in [7, 11) is 0. The number of carbonyl (C=O) groups excluding carboxylic acids is 1. The van der Waals surface area contributed by atoms with Crippen LogP contribution in [0.2, 0.25) is 5.02 Å². The van der Waals surface area contributed by atoms with Gasteiger partial charge in [0.25, 0.3) is 0 Å². The van der Waals surface area contributed by atoms with E-state index in [1.165, 1.54) is 0 Å². The minimum atomic E-state index is -0.439. The molecular weight excluding hydrogens is 336 g/mol. The smallest absolute Gasteiger partial charge is 0.230 e. The highest BCUT2D eigenvalue weighted by molar-refractivity contribution is 6.30. The Labute approximate surface area is 153 Å². The van der Waals surface area contributed by atoms with Gasteiger partial charge in [-0.05, 0) is 50.5 Å². The zero-order valence-corrected chi connectivity index (χ0v) is 15.3. The highest BCUT2D eigenvalue weighted by atomic mass is 35.5. The predicted octanol–water partition coefficient (Wildman–Crippen LogP) is 4.26. The molecule has 0 saturated heterocycles. The molecule has 1 heterocycles. The summed E-state index contributed by atoms with van der Waals surface area (Å²) in [5.74, 6) is 0.632. The third kappa shape index (κ3) is 3.79. The Kier molecular flexibility index (Phi) is 5.28. The minimum Gasteiger partial charge on any atom is -0.475 e. The molecule has 25 heavy (non-hydrogen) atoms. The Balaban J connectivity index is 1.73. The van der Waals surface area contributed by atoms with Crippen LogP contribution in [0.25, 0.3) is 0 Å². The zero-order valence-electron chi connectivity index (χ0n) is 14.6. The number of benzene rings is 1. The maximum Gasteiger partial charge on any atom is 0.230 e. The second-order valence-corrected chi connectivity index (χ2v) is 7.20. The molecule has 1 aromatic heterocycles. The van der Waals surface area contributed by atoms with Crippen molar-refractivity contribution in [1.82, 2.24) is 10.3 Å². The van der Waals surface area contributed by atoms with Crippen LogP contribution in [0.4, 0.5) is 0 Å². The van der Waals surface area contributed by atoms with E-state index in [1.54, 1.807) is 6.20 Å². The third-order valence-corrected chi connectivity index (χ3v) is 4.93. The summed E-state index contributed by atoms with van der Waals surface area (Å²) in [6.07, 6.45) is 4.52. The quantitative estimate of drug-likeness (QED) is 0.839. The zero-order chi connectivity index (χ0) is 17.9. The molecule has 1 fully saturated rings. The van der Waals surface area contributed by atoms with E-state index in [0.29, 0.717) is 17.4 Å². The molecule has 1 aliphatic rings. The molecule has 0 spiro atoms. The molecule has 132 valence electrons. The van der Waals surface area contributed by atoms with Gasteiger partial charge >= 0.3 is 0 Å². The first kappa shape index (κ1) is 17.7. The largest absolute Gasteiger partial charge is 0.475 e. The molecule has 5 heteroatoms. The van der Waals surface area contributed by atoms with Gasteiger partial charge in [-0.15, -0.1) is 0 Å². The lowest BCUT2D eigenvalue weighted by Crippen LogP contribution is -2.49. The van der Waals surface area contributed by atoms with Crippen molar-refractivity contribution in [2.45, 2.75) is 51.2 Å². The van der Waals surface area contributed by atoms with E-state index in [2.05, 4.69) is 10.3 Å². The van der Waals surface area contributed by atoms with Crippen molar-refractivity contribution in [3.05, 3.63) is 58.7 Å². The standard InChI is InChI=1S/C20H23ClN2O2/c1-14(2)25-18-15(5-3-12-22-18)13-23-19(24)20(10-4-11-20)16-6-8-17(21)9-7-16/h3,5-9,12,14H,4,10-11,13H2,1-2H3,(H,23,24). The van der Waals surface area contributed by atoms with E-state index in [1.807, 2.05) is 50.2 Å². The number of hydrogen-bond donors (Lipinski definition) is 1. The van der Waals surface area contributed by atoms with Gasteiger partial charge in [0.15, 0.2) is 0 Å². The fraction of sp³-hybridized carbons (Fsp3) is 0.400. The lowest BCUT2D eigenvalue weighted by Gasteiger charge is -2.40. The van der Waals surface area contributed by atoms with Crippen LogP contribution in [0.3, 0.4) is 0 Å². The number of ether oxygens (including phenoxy) is 1. The number of aromatic nitrogens is 1. The number of carbonyl (C=O) groups is 1. The van der Waals surface area contributed by atoms with Gasteiger partial charge in [-0.1, -0.05) is 36.2 Å². The average molecular weight is 359 g/mol. The highest BCUT2D eigenvalue weighted by Crippen LogP contribution is 2.44. The van der Waals surface area contributed by atoms with Gasteiger partial charge in [-0.25, -0.2) is 4.98 Å². The van der Waals surface area contributed by atoms with E-state index in [4.69, 9.17) is 16.3 Å². The SMILES string of the molecule is CC(C)Oc1ncccc1CNC(=O)C1(c2ccc(Cl)cc2)CCC1. The lowest BCUT2D eigenvalue weighted by atomic mass is 9.64. The van der Waals surface area contributed by atoms with Crippen LogP contribution in [-0.2, 0) is 16.8 Å². The fourth-order valence-corrected chi connectivity index (χ4v) is 3.30. The molecule has 1 N–H and O–H groups in total. The van der Waals surface area contributed by atoms with Crippen molar-refractivity contribution >= 4 is 17.5 Å². The first-order valence-corrected chi connectivity index (χ1v) is 9.04. The molecular formula is C20H23ClN2O2. The summed E-state index contributed by atoms with van der Waals surface area (Å²) in [5, 5.41) is 3.76. The molecule has 0 atom stereocenters. The Morgan fingerprint density at radius 2 is 2.00 bits per heavy atom. The monoisotopic (exact) mass is 358 g/mol. The fourth-order valence-electron chi connectivity index (χ4n) is 3.18. The van der Waals surface area contributed by atoms with E-state index >= 15 is 0 Å². The van der Waals surface area contributed by atoms with Crippen LogP contribution >= 0.6 is 11.6 Å². The number of nitrogens with zero attached hydrogens (tertiary/aromatic N) is 1. The summed E-state index contributed by atoms with van der Waals surface area (Å²) < 4.78 is 5.72. The van der Waals surface area contributed by atoms with Crippen LogP contribution in [0.5, 0.6) is 5.88 Å². The molecule has 3 rings (SSSR count). The van der Waals surface area contributed by atoms with E-state index in [0.717, 1.165) is 30.4 Å². The summed E-state index contributed by atoms with van der Waals surface area (Å²) in [6, 6.07) is 11.4. The van der Waals surface area contributed by atoms with Crippen molar-refractivity contribution < 1.29 is 9.53 Å². The molecule has 1 saturated carbocycles. The lowest BCUT2D eigenvalue weighted by molar-refractivity contribution is -0.130. The second kappa shape index (κ2) is 7.44. The van der Waals surface area contributed by atoms with E-state index in [-0.39, 0.29) is 12.0 Å². The second-order valence-electron chi connectivity index (χ2n) is 6.76. The third-order valence-electron chi connectivity index (χ3n) is 4.68. The van der Waals surface area contributed by atoms with Crippen LogP contribution < -0.4 is 10.1 Å². The van der Waals surface area contributed by atoms with Crippen molar-refractivity contribution in [1.29, 1.82) is 0 Å². The highest BCUT2D eigenvalue weighted by Gasteiger charge is 2.45. The number of hydrogen-bond acceptors (Lipinski definition) is 3. The number of nitrogens with one attached hydrogen (secondary N) is 1. The van der Waals surface area contributed by atoms with E-state index < -0.39 is 5.41 Å². The average Bonchev–Trinajstić information content (AvgIpc) is 2.54. The molecule has 0 bridgehead atoms. The summed E-state index contributed by atoms with van der Waals surface area (Å²) in [5.41, 5.74) is 1.48. The van der Waals surface area contributed by atoms with Crippen LogP contribution in [0.1, 0.15) is 44.2 Å². The van der Waals surface area contributed by atoms with Gasteiger partial charge in [0.1, 0.15) is 0 Å². The van der Waals surface area contributed by atoms with Gasteiger partial charge in [-0.2, -0.15) is 0 Å². The first-order valence-electron chi connectivity index (χ1n) is 8.66. The molecule has 1 aliphatic carbocycles. The van der Waals surface area contributed by atoms with Crippen molar-refractivity contribution in [2.24, 2.45) is 0 Å². The molecule has 4 nitrogen and oxygen atoms in total. The topological polar surface area (TPSA) is 51.2 Å². The number of halogens is 1. The molecule has 0 unspecified atom stereocenters. The summed E-state index contributed by atoms with van der Waals surface area (Å²) in [4.78, 5) is 17.2. The van der Waals surface area contributed by atoms with Crippen LogP contribution in [0, 0.1) is 0 Å². The van der Waals surface area contributed by atoms with Gasteiger partial charge in [0.05, 0.1) is 11.5 Å². The molecule has 1 amide bonds. The van der Waals surface area contributed by atoms with Gasteiger partial charge < -0.3 is 10.1 Å². The molecule has 0 aliphatic heterocycles. The van der Waals surface area contributed by atoms with Crippen molar-refractivity contribution in [3.63, 3.8) is 0 Å². The Bertz CT molecular complexity index is 740. The molecule has 2 aromatic rings. The maximum absolute atomic E-state index is 12.9. The van der Waals surface area contributed by atoms with Crippen molar-refractivity contribution in [3.8, 4) is 5.88 Å². The van der Waals surface area contributed by atoms with Gasteiger partial charge in [0, 0.05) is 23.3 Å². The van der Waals surface area contributed by atoms with Crippen LogP contribution in [0.15, 0.2) is 42.6 Å². The molecule has 1 aromatic carbocycles. The molecule has 0 radical (unpaired) electrons. The number of pyridine rings is 1. The Morgan fingerprint density at radius 1 is 1.28 bits per heavy atom.